The molecule has 382 valence electrons. The van der Waals surface area contributed by atoms with Gasteiger partial charge < -0.3 is 54.2 Å². The lowest BCUT2D eigenvalue weighted by atomic mass is 9.91. The van der Waals surface area contributed by atoms with Crippen LogP contribution in [0.4, 0.5) is 15.8 Å². The molecular weight excluding hydrogens is 896 g/mol. The van der Waals surface area contributed by atoms with Gasteiger partial charge in [0.15, 0.2) is 0 Å². The Balaban J connectivity index is 0.726. The number of aromatic nitrogens is 2. The van der Waals surface area contributed by atoms with Crippen molar-refractivity contribution < 1.29 is 42.4 Å². The molecule has 6 rings (SSSR count). The number of nitrogens with one attached hydrogen (secondary N) is 3. The molecule has 0 bridgehead atoms. The van der Waals surface area contributed by atoms with Crippen LogP contribution in [0.25, 0.3) is 0 Å². The van der Waals surface area contributed by atoms with Gasteiger partial charge in [0.1, 0.15) is 5.82 Å². The monoisotopic (exact) mass is 971 g/mol. The van der Waals surface area contributed by atoms with Gasteiger partial charge in [-0.1, -0.05) is 38.1 Å². The van der Waals surface area contributed by atoms with E-state index >= 15 is 0 Å². The van der Waals surface area contributed by atoms with Crippen LogP contribution in [0.2, 0.25) is 0 Å². The summed E-state index contributed by atoms with van der Waals surface area (Å²) in [6.07, 6.45) is 5.78. The summed E-state index contributed by atoms with van der Waals surface area (Å²) in [5, 5.41) is 9.91. The highest BCUT2D eigenvalue weighted by molar-refractivity contribution is 6.04. The van der Waals surface area contributed by atoms with Gasteiger partial charge in [-0.25, -0.2) is 4.39 Å². The van der Waals surface area contributed by atoms with Gasteiger partial charge in [0.05, 0.1) is 97.2 Å². The summed E-state index contributed by atoms with van der Waals surface area (Å²) in [5.41, 5.74) is 5.94. The second-order valence-corrected chi connectivity index (χ2v) is 18.7. The topological polar surface area (TPSA) is 161 Å². The summed E-state index contributed by atoms with van der Waals surface area (Å²) < 4.78 is 47.6. The van der Waals surface area contributed by atoms with E-state index in [2.05, 4.69) is 71.5 Å². The number of pyridine rings is 2. The number of amides is 2. The smallest absolute Gasteiger partial charge is 0.255 e. The first-order chi connectivity index (χ1) is 33.9. The Morgan fingerprint density at radius 3 is 2.06 bits per heavy atom. The van der Waals surface area contributed by atoms with E-state index in [1.807, 2.05) is 35.4 Å². The molecule has 2 aromatic carbocycles. The molecule has 0 saturated carbocycles. The standard InChI is InChI=1S/C53H75FN8O8/c1-40-36-61(38-50(63)62-39-53(3,4)51-49(62)33-43(34-58-51)32-42-6-12-46(54)13-7-42)48(35-57-40)37-60(5)19-21-66-23-25-68-27-29-70-31-30-69-28-26-67-24-22-65-20-18-56-41(2)44-8-10-45(11-9-44)52(64)59-47-14-16-55-17-15-47/h6-17,33-34,40-41,48,56-57H,18-32,35-39H2,1-5H3,(H,55,59,64)/t40-,41-,48-/m1/s1. The molecule has 70 heavy (non-hydrogen) atoms. The van der Waals surface area contributed by atoms with Crippen molar-refractivity contribution in [3.05, 3.63) is 119 Å². The van der Waals surface area contributed by atoms with E-state index < -0.39 is 0 Å². The van der Waals surface area contributed by atoms with Gasteiger partial charge in [0, 0.05) is 92.7 Å². The van der Waals surface area contributed by atoms with E-state index in [1.165, 1.54) is 12.1 Å². The second-order valence-electron chi connectivity index (χ2n) is 18.7. The third-order valence-corrected chi connectivity index (χ3v) is 12.4. The van der Waals surface area contributed by atoms with Crippen molar-refractivity contribution >= 4 is 23.2 Å². The van der Waals surface area contributed by atoms with Gasteiger partial charge in [-0.2, -0.15) is 0 Å². The summed E-state index contributed by atoms with van der Waals surface area (Å²) in [7, 11) is 2.10. The number of hydrogen-bond donors (Lipinski definition) is 3. The molecule has 16 nitrogen and oxygen atoms in total. The Morgan fingerprint density at radius 2 is 1.43 bits per heavy atom. The molecule has 0 radical (unpaired) electrons. The second kappa shape index (κ2) is 28.9. The highest BCUT2D eigenvalue weighted by Crippen LogP contribution is 2.40. The molecule has 0 unspecified atom stereocenters. The average molecular weight is 971 g/mol. The first-order valence-electron chi connectivity index (χ1n) is 24.7. The number of piperazine rings is 1. The first kappa shape index (κ1) is 54.5. The Labute approximate surface area is 413 Å². The molecule has 3 N–H and O–H groups in total. The highest BCUT2D eigenvalue weighted by atomic mass is 19.1. The van der Waals surface area contributed by atoms with Crippen molar-refractivity contribution in [3.8, 4) is 0 Å². The van der Waals surface area contributed by atoms with Gasteiger partial charge in [0.25, 0.3) is 5.91 Å². The van der Waals surface area contributed by atoms with Crippen LogP contribution in [0, 0.1) is 5.82 Å². The molecule has 4 heterocycles. The minimum absolute atomic E-state index is 0.0800. The predicted molar refractivity (Wildman–Crippen MR) is 269 cm³/mol. The molecule has 4 aromatic rings. The minimum Gasteiger partial charge on any atom is -0.378 e. The van der Waals surface area contributed by atoms with E-state index in [4.69, 9.17) is 33.4 Å². The Kier molecular flexibility index (Phi) is 22.5. The largest absolute Gasteiger partial charge is 0.378 e. The first-order valence-corrected chi connectivity index (χ1v) is 24.7. The van der Waals surface area contributed by atoms with Crippen molar-refractivity contribution in [1.29, 1.82) is 0 Å². The molecule has 0 spiro atoms. The Hall–Kier alpha value is -4.79. The van der Waals surface area contributed by atoms with Crippen molar-refractivity contribution in [1.82, 2.24) is 30.4 Å². The third-order valence-electron chi connectivity index (χ3n) is 12.4. The number of fused-ring (bicyclic) bond motifs is 1. The number of likely N-dealkylation sites (N-methyl/N-ethyl adjacent to an activating group) is 1. The van der Waals surface area contributed by atoms with Crippen LogP contribution in [0.1, 0.15) is 66.5 Å². The van der Waals surface area contributed by atoms with Crippen molar-refractivity contribution in [3.63, 3.8) is 0 Å². The zero-order chi connectivity index (χ0) is 49.6. The lowest BCUT2D eigenvalue weighted by molar-refractivity contribution is -0.120. The van der Waals surface area contributed by atoms with Gasteiger partial charge in [-0.15, -0.1) is 0 Å². The number of carbonyl (C=O) groups excluding carboxylic acids is 2. The zero-order valence-electron chi connectivity index (χ0n) is 41.8. The number of anilines is 2. The third kappa shape index (κ3) is 18.1. The van der Waals surface area contributed by atoms with Crippen LogP contribution < -0.4 is 20.9 Å². The van der Waals surface area contributed by atoms with E-state index in [1.54, 1.807) is 36.7 Å². The van der Waals surface area contributed by atoms with E-state index in [-0.39, 0.29) is 41.2 Å². The van der Waals surface area contributed by atoms with Gasteiger partial charge in [0.2, 0.25) is 5.91 Å². The maximum atomic E-state index is 14.1. The quantitative estimate of drug-likeness (QED) is 0.0570. The molecule has 2 aliphatic heterocycles. The molecule has 17 heteroatoms. The van der Waals surface area contributed by atoms with Crippen LogP contribution in [0.5, 0.6) is 0 Å². The van der Waals surface area contributed by atoms with Crippen molar-refractivity contribution in [2.24, 2.45) is 0 Å². The zero-order valence-corrected chi connectivity index (χ0v) is 41.8. The number of ether oxygens (including phenoxy) is 6. The lowest BCUT2D eigenvalue weighted by Crippen LogP contribution is -2.60. The van der Waals surface area contributed by atoms with Crippen molar-refractivity contribution in [2.75, 3.05) is 142 Å². The van der Waals surface area contributed by atoms with Crippen LogP contribution in [-0.4, -0.2) is 176 Å². The molecular formula is C53H75FN8O8. The van der Waals surface area contributed by atoms with Crippen LogP contribution in [-0.2, 0) is 45.1 Å². The Bertz CT molecular complexity index is 2160. The number of nitrogens with zero attached hydrogens (tertiary/aromatic N) is 5. The summed E-state index contributed by atoms with van der Waals surface area (Å²) in [6.45, 7) is 19.3. The SMILES string of the molecule is C[C@@H]1CN(CC(=O)N2CC(C)(C)c3ncc(Cc4ccc(F)cc4)cc32)[C@@H](CN(C)CCOCCOCCOCCOCCOCCOCCN[C@H](C)c2ccc(C(=O)Nc3ccncc3)cc2)CN1. The van der Waals surface area contributed by atoms with Crippen LogP contribution >= 0.6 is 0 Å². The maximum Gasteiger partial charge on any atom is 0.255 e. The van der Waals surface area contributed by atoms with Crippen molar-refractivity contribution in [2.45, 2.75) is 57.7 Å². The summed E-state index contributed by atoms with van der Waals surface area (Å²) >= 11 is 0. The normalized spacial score (nSPS) is 17.2. The predicted octanol–water partition coefficient (Wildman–Crippen LogP) is 5.13. The number of hydrogen-bond acceptors (Lipinski definition) is 14. The Morgan fingerprint density at radius 1 is 0.829 bits per heavy atom. The van der Waals surface area contributed by atoms with Gasteiger partial charge in [-0.3, -0.25) is 24.5 Å². The fourth-order valence-electron chi connectivity index (χ4n) is 8.50. The number of halogens is 1. The average Bonchev–Trinajstić information content (AvgIpc) is 3.63. The van der Waals surface area contributed by atoms with E-state index in [9.17, 15) is 14.0 Å². The van der Waals surface area contributed by atoms with Gasteiger partial charge in [-0.05, 0) is 86.5 Å². The van der Waals surface area contributed by atoms with E-state index in [0.29, 0.717) is 117 Å². The number of benzene rings is 2. The number of rotatable bonds is 31. The maximum absolute atomic E-state index is 14.1. The molecule has 0 aliphatic carbocycles. The molecule has 1 fully saturated rings. The summed E-state index contributed by atoms with van der Waals surface area (Å²) in [5.74, 6) is -0.335. The molecule has 2 aromatic heterocycles. The molecule has 2 amide bonds. The van der Waals surface area contributed by atoms with Crippen LogP contribution in [0.3, 0.4) is 0 Å². The summed E-state index contributed by atoms with van der Waals surface area (Å²) in [4.78, 5) is 41.9. The number of carbonyl (C=O) groups is 2. The molecule has 3 atom stereocenters. The van der Waals surface area contributed by atoms with E-state index in [0.717, 1.165) is 54.3 Å². The molecule has 1 saturated heterocycles. The molecule has 2 aliphatic rings. The lowest BCUT2D eigenvalue weighted by Gasteiger charge is -2.41. The highest BCUT2D eigenvalue weighted by Gasteiger charge is 2.40. The van der Waals surface area contributed by atoms with Gasteiger partial charge >= 0.3 is 0 Å². The minimum atomic E-state index is -0.260. The fraction of sp³-hybridized carbons (Fsp3) is 0.547. The fourth-order valence-corrected chi connectivity index (χ4v) is 8.50. The van der Waals surface area contributed by atoms with Crippen LogP contribution in [0.15, 0.2) is 85.3 Å². The summed E-state index contributed by atoms with van der Waals surface area (Å²) in [6, 6.07) is 20.3.